The van der Waals surface area contributed by atoms with Gasteiger partial charge in [-0.05, 0) is 12.1 Å². The highest BCUT2D eigenvalue weighted by atomic mass is 16.5. The van der Waals surface area contributed by atoms with Crippen LogP contribution in [0.4, 0.5) is 0 Å². The predicted molar refractivity (Wildman–Crippen MR) is 79.5 cm³/mol. The number of para-hydroxylation sites is 1. The summed E-state index contributed by atoms with van der Waals surface area (Å²) in [5.74, 6) is -0.422. The van der Waals surface area contributed by atoms with Crippen LogP contribution in [0.25, 0.3) is 22.1 Å². The molecule has 2 aromatic heterocycles. The van der Waals surface area contributed by atoms with E-state index in [1.807, 2.05) is 24.3 Å². The third kappa shape index (κ3) is 2.65. The van der Waals surface area contributed by atoms with Gasteiger partial charge in [0.25, 0.3) is 0 Å². The molecular weight excluding hydrogens is 284 g/mol. The summed E-state index contributed by atoms with van der Waals surface area (Å²) in [7, 11) is 1.29. The van der Waals surface area contributed by atoms with Gasteiger partial charge < -0.3 is 13.6 Å². The second-order valence-corrected chi connectivity index (χ2v) is 4.84. The Bertz CT molecular complexity index is 824. The van der Waals surface area contributed by atoms with E-state index in [0.717, 1.165) is 22.1 Å². The summed E-state index contributed by atoms with van der Waals surface area (Å²) in [6.45, 7) is 0. The van der Waals surface area contributed by atoms with Crippen molar-refractivity contribution < 1.29 is 23.2 Å². The van der Waals surface area contributed by atoms with Gasteiger partial charge in [0.2, 0.25) is 0 Å². The first kappa shape index (κ1) is 14.1. The number of rotatable bonds is 5. The Morgan fingerprint density at radius 1 is 1.09 bits per heavy atom. The quantitative estimate of drug-likeness (QED) is 0.529. The van der Waals surface area contributed by atoms with E-state index in [1.54, 1.807) is 12.3 Å². The molecule has 0 atom stereocenters. The van der Waals surface area contributed by atoms with Crippen molar-refractivity contribution in [3.8, 4) is 11.1 Å². The molecule has 0 spiro atoms. The molecule has 0 fully saturated rings. The molecule has 0 radical (unpaired) electrons. The number of carbonyl (C=O) groups excluding carboxylic acids is 2. The molecule has 22 heavy (non-hydrogen) atoms. The number of Topliss-reactive ketones (excluding diaryl/α,β-unsaturated/α-hetero) is 1. The summed E-state index contributed by atoms with van der Waals surface area (Å²) in [5.41, 5.74) is 2.41. The SMILES string of the molecule is COC(=O)CCC(=O)c1cc(-c2coc3ccccc23)co1. The smallest absolute Gasteiger partial charge is 0.305 e. The van der Waals surface area contributed by atoms with Crippen molar-refractivity contribution in [1.82, 2.24) is 0 Å². The summed E-state index contributed by atoms with van der Waals surface area (Å²) in [6.07, 6.45) is 3.26. The molecule has 112 valence electrons. The van der Waals surface area contributed by atoms with Crippen LogP contribution in [-0.2, 0) is 9.53 Å². The highest BCUT2D eigenvalue weighted by Gasteiger charge is 2.16. The van der Waals surface area contributed by atoms with Gasteiger partial charge in [-0.3, -0.25) is 9.59 Å². The normalized spacial score (nSPS) is 10.8. The third-order valence-electron chi connectivity index (χ3n) is 3.45. The Hall–Kier alpha value is -2.82. The van der Waals surface area contributed by atoms with Crippen LogP contribution >= 0.6 is 0 Å². The highest BCUT2D eigenvalue weighted by molar-refractivity contribution is 5.98. The zero-order valence-electron chi connectivity index (χ0n) is 12.0. The van der Waals surface area contributed by atoms with Gasteiger partial charge in [0.15, 0.2) is 11.5 Å². The van der Waals surface area contributed by atoms with Crippen LogP contribution in [0, 0.1) is 0 Å². The Morgan fingerprint density at radius 3 is 2.73 bits per heavy atom. The van der Waals surface area contributed by atoms with E-state index in [2.05, 4.69) is 4.74 Å². The summed E-state index contributed by atoms with van der Waals surface area (Å²) >= 11 is 0. The minimum absolute atomic E-state index is 0.0417. The molecule has 3 aromatic rings. The van der Waals surface area contributed by atoms with Crippen molar-refractivity contribution in [3.63, 3.8) is 0 Å². The average Bonchev–Trinajstić information content (AvgIpc) is 3.18. The summed E-state index contributed by atoms with van der Waals surface area (Å²) in [5, 5.41) is 0.955. The van der Waals surface area contributed by atoms with Gasteiger partial charge in [-0.15, -0.1) is 0 Å². The number of fused-ring (bicyclic) bond motifs is 1. The summed E-state index contributed by atoms with van der Waals surface area (Å²) in [6, 6.07) is 9.30. The van der Waals surface area contributed by atoms with Gasteiger partial charge >= 0.3 is 5.97 Å². The lowest BCUT2D eigenvalue weighted by Gasteiger charge is -1.96. The van der Waals surface area contributed by atoms with Crippen LogP contribution in [0.15, 0.2) is 51.7 Å². The zero-order chi connectivity index (χ0) is 15.5. The van der Waals surface area contributed by atoms with E-state index in [-0.39, 0.29) is 24.4 Å². The number of furan rings is 2. The van der Waals surface area contributed by atoms with Gasteiger partial charge in [0.1, 0.15) is 5.58 Å². The number of esters is 1. The maximum absolute atomic E-state index is 12.0. The van der Waals surface area contributed by atoms with Gasteiger partial charge in [0.05, 0.1) is 26.1 Å². The molecular formula is C17H14O5. The first-order chi connectivity index (χ1) is 10.7. The van der Waals surface area contributed by atoms with Crippen molar-refractivity contribution in [2.45, 2.75) is 12.8 Å². The average molecular weight is 298 g/mol. The second kappa shape index (κ2) is 5.89. The molecule has 0 amide bonds. The zero-order valence-corrected chi connectivity index (χ0v) is 12.0. The van der Waals surface area contributed by atoms with E-state index in [4.69, 9.17) is 8.83 Å². The Balaban J connectivity index is 1.82. The number of hydrogen-bond acceptors (Lipinski definition) is 5. The molecule has 0 aliphatic carbocycles. The molecule has 0 N–H and O–H groups in total. The topological polar surface area (TPSA) is 69.7 Å². The number of ether oxygens (including phenoxy) is 1. The van der Waals surface area contributed by atoms with Crippen LogP contribution in [0.3, 0.4) is 0 Å². The van der Waals surface area contributed by atoms with Crippen LogP contribution in [-0.4, -0.2) is 18.9 Å². The maximum atomic E-state index is 12.0. The molecule has 5 heteroatoms. The van der Waals surface area contributed by atoms with E-state index < -0.39 is 5.97 Å². The first-order valence-electron chi connectivity index (χ1n) is 6.84. The van der Waals surface area contributed by atoms with E-state index in [9.17, 15) is 9.59 Å². The minimum Gasteiger partial charge on any atom is -0.469 e. The largest absolute Gasteiger partial charge is 0.469 e. The molecule has 0 bridgehead atoms. The van der Waals surface area contributed by atoms with Gasteiger partial charge in [-0.1, -0.05) is 18.2 Å². The van der Waals surface area contributed by atoms with Crippen molar-refractivity contribution in [1.29, 1.82) is 0 Å². The molecule has 2 heterocycles. The van der Waals surface area contributed by atoms with Crippen molar-refractivity contribution in [2.75, 3.05) is 7.11 Å². The van der Waals surface area contributed by atoms with Crippen LogP contribution in [0.2, 0.25) is 0 Å². The second-order valence-electron chi connectivity index (χ2n) is 4.84. The molecule has 0 unspecified atom stereocenters. The van der Waals surface area contributed by atoms with E-state index >= 15 is 0 Å². The van der Waals surface area contributed by atoms with E-state index in [0.29, 0.717) is 0 Å². The number of ketones is 1. The molecule has 3 rings (SSSR count). The van der Waals surface area contributed by atoms with Gasteiger partial charge in [0, 0.05) is 22.9 Å². The number of carbonyl (C=O) groups is 2. The Morgan fingerprint density at radius 2 is 1.91 bits per heavy atom. The molecule has 0 aliphatic heterocycles. The Kier molecular flexibility index (Phi) is 3.78. The molecule has 0 saturated carbocycles. The lowest BCUT2D eigenvalue weighted by Crippen LogP contribution is -2.05. The minimum atomic E-state index is -0.416. The number of methoxy groups -OCH3 is 1. The van der Waals surface area contributed by atoms with Crippen molar-refractivity contribution >= 4 is 22.7 Å². The fourth-order valence-electron chi connectivity index (χ4n) is 2.27. The predicted octanol–water partition coefficient (Wildman–Crippen LogP) is 3.83. The maximum Gasteiger partial charge on any atom is 0.305 e. The van der Waals surface area contributed by atoms with Gasteiger partial charge in [-0.2, -0.15) is 0 Å². The number of benzene rings is 1. The molecule has 0 aliphatic rings. The summed E-state index contributed by atoms with van der Waals surface area (Å²) < 4.78 is 15.3. The summed E-state index contributed by atoms with van der Waals surface area (Å²) in [4.78, 5) is 23.1. The lowest BCUT2D eigenvalue weighted by atomic mass is 10.1. The van der Waals surface area contributed by atoms with Crippen molar-refractivity contribution in [3.05, 3.63) is 48.6 Å². The fourth-order valence-corrected chi connectivity index (χ4v) is 2.27. The monoisotopic (exact) mass is 298 g/mol. The van der Waals surface area contributed by atoms with Crippen molar-refractivity contribution in [2.24, 2.45) is 0 Å². The molecule has 1 aromatic carbocycles. The van der Waals surface area contributed by atoms with Gasteiger partial charge in [-0.25, -0.2) is 0 Å². The Labute approximate surface area is 126 Å². The fraction of sp³-hybridized carbons (Fsp3) is 0.176. The molecule has 5 nitrogen and oxygen atoms in total. The van der Waals surface area contributed by atoms with Crippen LogP contribution in [0.1, 0.15) is 23.4 Å². The lowest BCUT2D eigenvalue weighted by molar-refractivity contribution is -0.140. The van der Waals surface area contributed by atoms with Crippen LogP contribution < -0.4 is 0 Å². The number of hydrogen-bond donors (Lipinski definition) is 0. The standard InChI is InChI=1S/C17H14O5/c1-20-17(19)7-6-14(18)16-8-11(9-21-16)13-10-22-15-5-3-2-4-12(13)15/h2-5,8-10H,6-7H2,1H3. The molecule has 0 saturated heterocycles. The first-order valence-corrected chi connectivity index (χ1v) is 6.84. The van der Waals surface area contributed by atoms with E-state index in [1.165, 1.54) is 13.4 Å². The highest BCUT2D eigenvalue weighted by Crippen LogP contribution is 2.31. The third-order valence-corrected chi connectivity index (χ3v) is 3.45. The van der Waals surface area contributed by atoms with Crippen LogP contribution in [0.5, 0.6) is 0 Å².